The fourth-order valence-electron chi connectivity index (χ4n) is 1.32. The zero-order valence-corrected chi connectivity index (χ0v) is 10.9. The van der Waals surface area contributed by atoms with Crippen LogP contribution < -0.4 is 0 Å². The van der Waals surface area contributed by atoms with Crippen molar-refractivity contribution in [3.63, 3.8) is 0 Å². The van der Waals surface area contributed by atoms with Crippen LogP contribution in [0.25, 0.3) is 11.4 Å². The topological polar surface area (TPSA) is 63.1 Å². The van der Waals surface area contributed by atoms with E-state index in [-0.39, 0.29) is 11.5 Å². The number of hydrogen-bond acceptors (Lipinski definition) is 4. The summed E-state index contributed by atoms with van der Waals surface area (Å²) in [4.78, 5) is 18.4. The number of carbonyl (C=O) groups excluding carboxylic acids is 1. The van der Waals surface area contributed by atoms with Crippen LogP contribution in [-0.2, 0) is 4.79 Å². The summed E-state index contributed by atoms with van der Waals surface area (Å²) >= 11 is 0. The van der Waals surface area contributed by atoms with E-state index in [0.29, 0.717) is 0 Å². The van der Waals surface area contributed by atoms with Gasteiger partial charge in [-0.1, -0.05) is 12.1 Å². The molecule has 0 atom stereocenters. The molecule has 0 radical (unpaired) electrons. The summed E-state index contributed by atoms with van der Waals surface area (Å²) in [5.41, 5.74) is 1.83. The highest BCUT2D eigenvalue weighted by Gasteiger charge is 1.95. The molecule has 0 aliphatic rings. The van der Waals surface area contributed by atoms with Crippen LogP contribution in [-0.4, -0.2) is 20.9 Å². The zero-order valence-electron chi connectivity index (χ0n) is 10.9. The van der Waals surface area contributed by atoms with Gasteiger partial charge in [0.2, 0.25) is 0 Å². The zero-order chi connectivity index (χ0) is 14.1. The van der Waals surface area contributed by atoms with E-state index in [1.54, 1.807) is 12.4 Å². The maximum Gasteiger partial charge on any atom is 0.155 e. The third kappa shape index (κ3) is 6.12. The van der Waals surface area contributed by atoms with E-state index in [0.717, 1.165) is 11.4 Å². The largest absolute Gasteiger partial charge is 0.512 e. The van der Waals surface area contributed by atoms with E-state index in [1.165, 1.54) is 19.9 Å². The fraction of sp³-hybridized carbons (Fsp3) is 0.133. The van der Waals surface area contributed by atoms with Gasteiger partial charge in [0.1, 0.15) is 0 Å². The van der Waals surface area contributed by atoms with Crippen LogP contribution in [0, 0.1) is 0 Å². The van der Waals surface area contributed by atoms with Crippen molar-refractivity contribution in [2.45, 2.75) is 13.8 Å². The Morgan fingerprint density at radius 2 is 1.47 bits per heavy atom. The standard InChI is InChI=1S/C10H8N2.C5H8O2/c1-3-7-11-9(5-1)10-6-2-4-8-12-10;1-4(6)3-5(2)7/h1-8H;3,6H,1-2H3/b;4-3-. The van der Waals surface area contributed by atoms with Crippen LogP contribution in [0.15, 0.2) is 60.6 Å². The number of hydrogen-bond donors (Lipinski definition) is 1. The average molecular weight is 256 g/mol. The SMILES string of the molecule is CC(=O)/C=C(/C)O.c1ccc(-c2ccccn2)nc1. The number of nitrogens with zero attached hydrogens (tertiary/aromatic N) is 2. The molecule has 0 amide bonds. The number of aliphatic hydroxyl groups excluding tert-OH is 1. The summed E-state index contributed by atoms with van der Waals surface area (Å²) in [6.45, 7) is 2.85. The van der Waals surface area contributed by atoms with Crippen LogP contribution in [0.3, 0.4) is 0 Å². The lowest BCUT2D eigenvalue weighted by Crippen LogP contribution is -1.83. The molecule has 0 saturated carbocycles. The van der Waals surface area contributed by atoms with Gasteiger partial charge in [-0.3, -0.25) is 14.8 Å². The van der Waals surface area contributed by atoms with E-state index in [1.807, 2.05) is 36.4 Å². The van der Waals surface area contributed by atoms with Gasteiger partial charge in [0.15, 0.2) is 5.78 Å². The Balaban J connectivity index is 0.000000224. The normalized spacial score (nSPS) is 10.3. The highest BCUT2D eigenvalue weighted by molar-refractivity contribution is 5.87. The highest BCUT2D eigenvalue weighted by atomic mass is 16.3. The number of ketones is 1. The first kappa shape index (κ1) is 14.6. The molecule has 2 rings (SSSR count). The van der Waals surface area contributed by atoms with Crippen molar-refractivity contribution in [2.75, 3.05) is 0 Å². The Hall–Kier alpha value is -2.49. The number of rotatable bonds is 2. The molecule has 19 heavy (non-hydrogen) atoms. The molecule has 0 unspecified atom stereocenters. The lowest BCUT2D eigenvalue weighted by atomic mass is 10.2. The third-order valence-electron chi connectivity index (χ3n) is 2.00. The average Bonchev–Trinajstić information content (AvgIpc) is 2.40. The predicted octanol–water partition coefficient (Wildman–Crippen LogP) is 3.18. The molecule has 0 bridgehead atoms. The maximum absolute atomic E-state index is 10.0. The molecule has 1 N–H and O–H groups in total. The van der Waals surface area contributed by atoms with E-state index in [2.05, 4.69) is 9.97 Å². The van der Waals surface area contributed by atoms with Gasteiger partial charge in [-0.25, -0.2) is 0 Å². The third-order valence-corrected chi connectivity index (χ3v) is 2.00. The number of allylic oxidation sites excluding steroid dienone is 2. The van der Waals surface area contributed by atoms with E-state index >= 15 is 0 Å². The summed E-state index contributed by atoms with van der Waals surface area (Å²) in [5.74, 6) is -0.0625. The summed E-state index contributed by atoms with van der Waals surface area (Å²) in [5, 5.41) is 8.36. The molecule has 2 aromatic heterocycles. The first-order chi connectivity index (χ1) is 9.09. The minimum atomic E-state index is -0.125. The van der Waals surface area contributed by atoms with Crippen molar-refractivity contribution >= 4 is 5.78 Å². The number of aliphatic hydroxyl groups is 1. The van der Waals surface area contributed by atoms with Crippen molar-refractivity contribution in [3.05, 3.63) is 60.6 Å². The summed E-state index contributed by atoms with van der Waals surface area (Å²) in [6, 6.07) is 11.6. The Labute approximate surface area is 112 Å². The molecule has 0 spiro atoms. The fourth-order valence-corrected chi connectivity index (χ4v) is 1.32. The van der Waals surface area contributed by atoms with Gasteiger partial charge in [0, 0.05) is 18.5 Å². The van der Waals surface area contributed by atoms with Crippen LogP contribution in [0.4, 0.5) is 0 Å². The Kier molecular flexibility index (Phi) is 5.95. The molecule has 4 heteroatoms. The lowest BCUT2D eigenvalue weighted by Gasteiger charge is -1.96. The maximum atomic E-state index is 10.0. The second-order valence-electron chi connectivity index (χ2n) is 3.83. The molecule has 0 aliphatic heterocycles. The predicted molar refractivity (Wildman–Crippen MR) is 74.5 cm³/mol. The van der Waals surface area contributed by atoms with E-state index in [9.17, 15) is 4.79 Å². The smallest absolute Gasteiger partial charge is 0.155 e. The Bertz CT molecular complexity index is 495. The number of pyridine rings is 2. The van der Waals surface area contributed by atoms with E-state index < -0.39 is 0 Å². The van der Waals surface area contributed by atoms with Gasteiger partial charge in [-0.15, -0.1) is 0 Å². The van der Waals surface area contributed by atoms with Crippen molar-refractivity contribution in [2.24, 2.45) is 0 Å². The highest BCUT2D eigenvalue weighted by Crippen LogP contribution is 2.10. The van der Waals surface area contributed by atoms with Crippen LogP contribution >= 0.6 is 0 Å². The lowest BCUT2D eigenvalue weighted by molar-refractivity contribution is -0.112. The molecular weight excluding hydrogens is 240 g/mol. The molecule has 98 valence electrons. The number of carbonyl (C=O) groups is 1. The molecule has 0 aromatic carbocycles. The molecule has 0 saturated heterocycles. The summed E-state index contributed by atoms with van der Waals surface area (Å²) in [6.07, 6.45) is 4.70. The van der Waals surface area contributed by atoms with E-state index in [4.69, 9.17) is 5.11 Å². The minimum Gasteiger partial charge on any atom is -0.512 e. The second kappa shape index (κ2) is 7.76. The van der Waals surface area contributed by atoms with Crippen molar-refractivity contribution in [3.8, 4) is 11.4 Å². The van der Waals surface area contributed by atoms with Crippen LogP contribution in [0.1, 0.15) is 13.8 Å². The van der Waals surface area contributed by atoms with Crippen molar-refractivity contribution in [1.82, 2.24) is 9.97 Å². The molecule has 0 aliphatic carbocycles. The minimum absolute atomic E-state index is 0.0625. The van der Waals surface area contributed by atoms with Gasteiger partial charge in [0.05, 0.1) is 17.1 Å². The van der Waals surface area contributed by atoms with Gasteiger partial charge >= 0.3 is 0 Å². The molecular formula is C15H16N2O2. The van der Waals surface area contributed by atoms with Crippen LogP contribution in [0.2, 0.25) is 0 Å². The Morgan fingerprint density at radius 3 is 1.68 bits per heavy atom. The van der Waals surface area contributed by atoms with Crippen LogP contribution in [0.5, 0.6) is 0 Å². The molecule has 2 aromatic rings. The Morgan fingerprint density at radius 1 is 1.00 bits per heavy atom. The molecule has 2 heterocycles. The monoisotopic (exact) mass is 256 g/mol. The van der Waals surface area contributed by atoms with Gasteiger partial charge in [-0.05, 0) is 38.1 Å². The second-order valence-corrected chi connectivity index (χ2v) is 3.83. The van der Waals surface area contributed by atoms with Gasteiger partial charge < -0.3 is 5.11 Å². The van der Waals surface area contributed by atoms with Gasteiger partial charge in [-0.2, -0.15) is 0 Å². The van der Waals surface area contributed by atoms with Crippen molar-refractivity contribution in [1.29, 1.82) is 0 Å². The summed E-state index contributed by atoms with van der Waals surface area (Å²) in [7, 11) is 0. The molecule has 0 fully saturated rings. The quantitative estimate of drug-likeness (QED) is 0.662. The number of aromatic nitrogens is 2. The first-order valence-electron chi connectivity index (χ1n) is 5.80. The summed E-state index contributed by atoms with van der Waals surface area (Å²) < 4.78 is 0. The first-order valence-corrected chi connectivity index (χ1v) is 5.80. The van der Waals surface area contributed by atoms with Crippen molar-refractivity contribution < 1.29 is 9.90 Å². The molecule has 4 nitrogen and oxygen atoms in total. The van der Waals surface area contributed by atoms with Gasteiger partial charge in [0.25, 0.3) is 0 Å².